The van der Waals surface area contributed by atoms with Gasteiger partial charge in [0, 0.05) is 22.8 Å². The van der Waals surface area contributed by atoms with Crippen molar-refractivity contribution in [3.8, 4) is 0 Å². The first-order chi connectivity index (χ1) is 9.29. The van der Waals surface area contributed by atoms with Gasteiger partial charge in [0.2, 0.25) is 8.87 Å². The molecule has 0 unspecified atom stereocenters. The highest BCUT2D eigenvalue weighted by atomic mass is 127. The standard InChI is InChI=1S/C12H6F2I2O2S2/c13-7-1-3-11(9(15)5-7)19-20(17,18)12-4-2-8(14)6-10(12)16/h1-6H. The van der Waals surface area contributed by atoms with Crippen LogP contribution < -0.4 is 0 Å². The van der Waals surface area contributed by atoms with Crippen LogP contribution in [-0.2, 0) is 8.87 Å². The SMILES string of the molecule is O=S(=O)(Sc1ccc(F)cc1I)c1ccc(F)cc1I. The minimum absolute atomic E-state index is 0.0459. The smallest absolute Gasteiger partial charge is 0.212 e. The van der Waals surface area contributed by atoms with Crippen molar-refractivity contribution in [1.29, 1.82) is 0 Å². The summed E-state index contributed by atoms with van der Waals surface area (Å²) in [4.78, 5) is 0.483. The van der Waals surface area contributed by atoms with Crippen LogP contribution >= 0.6 is 56.0 Å². The first-order valence-electron chi connectivity index (χ1n) is 5.14. The molecule has 2 aromatic carbocycles. The minimum atomic E-state index is -3.68. The molecule has 0 aliphatic carbocycles. The Balaban J connectivity index is 2.41. The molecule has 0 bridgehead atoms. The molecule has 0 saturated heterocycles. The molecule has 0 aliphatic rings. The van der Waals surface area contributed by atoms with Crippen LogP contribution in [0.25, 0.3) is 0 Å². The molecule has 2 aromatic rings. The summed E-state index contributed by atoms with van der Waals surface area (Å²) in [6.45, 7) is 0. The first-order valence-corrected chi connectivity index (χ1v) is 10.1. The molecule has 8 heteroatoms. The van der Waals surface area contributed by atoms with E-state index in [0.717, 1.165) is 12.1 Å². The quantitative estimate of drug-likeness (QED) is 0.422. The third-order valence-electron chi connectivity index (χ3n) is 2.26. The van der Waals surface area contributed by atoms with Crippen LogP contribution in [0.5, 0.6) is 0 Å². The summed E-state index contributed by atoms with van der Waals surface area (Å²) in [5.74, 6) is -0.915. The molecule has 2 rings (SSSR count). The van der Waals surface area contributed by atoms with E-state index in [2.05, 4.69) is 0 Å². The van der Waals surface area contributed by atoms with E-state index in [1.807, 2.05) is 22.6 Å². The summed E-state index contributed by atoms with van der Waals surface area (Å²) in [6.07, 6.45) is 0. The Morgan fingerprint density at radius 2 is 1.45 bits per heavy atom. The van der Waals surface area contributed by atoms with Gasteiger partial charge in [0.1, 0.15) is 11.6 Å². The lowest BCUT2D eigenvalue weighted by Gasteiger charge is -2.07. The van der Waals surface area contributed by atoms with Crippen LogP contribution in [0.3, 0.4) is 0 Å². The second-order valence-electron chi connectivity index (χ2n) is 3.69. The lowest BCUT2D eigenvalue weighted by atomic mass is 10.3. The molecule has 0 N–H and O–H groups in total. The van der Waals surface area contributed by atoms with E-state index < -0.39 is 20.5 Å². The highest BCUT2D eigenvalue weighted by Crippen LogP contribution is 2.35. The Morgan fingerprint density at radius 3 is 2.00 bits per heavy atom. The van der Waals surface area contributed by atoms with E-state index in [0.29, 0.717) is 22.8 Å². The van der Waals surface area contributed by atoms with Gasteiger partial charge in [0.25, 0.3) is 0 Å². The largest absolute Gasteiger partial charge is 0.235 e. The predicted molar refractivity (Wildman–Crippen MR) is 91.3 cm³/mol. The van der Waals surface area contributed by atoms with Crippen molar-refractivity contribution in [3.63, 3.8) is 0 Å². The lowest BCUT2D eigenvalue weighted by Crippen LogP contribution is -1.99. The zero-order valence-corrected chi connectivity index (χ0v) is 15.6. The average Bonchev–Trinajstić information content (AvgIpc) is 2.32. The van der Waals surface area contributed by atoms with Gasteiger partial charge in [0.15, 0.2) is 0 Å². The molecule has 0 aliphatic heterocycles. The van der Waals surface area contributed by atoms with Crippen molar-refractivity contribution in [2.45, 2.75) is 9.79 Å². The van der Waals surface area contributed by atoms with E-state index in [9.17, 15) is 17.2 Å². The topological polar surface area (TPSA) is 34.1 Å². The van der Waals surface area contributed by atoms with Gasteiger partial charge in [-0.05, 0) is 81.6 Å². The number of hydrogen-bond donors (Lipinski definition) is 0. The van der Waals surface area contributed by atoms with Gasteiger partial charge >= 0.3 is 0 Å². The number of hydrogen-bond acceptors (Lipinski definition) is 3. The van der Waals surface area contributed by atoms with Crippen LogP contribution in [0.2, 0.25) is 0 Å². The summed E-state index contributed by atoms with van der Waals surface area (Å²) in [6, 6.07) is 7.37. The van der Waals surface area contributed by atoms with Crippen LogP contribution in [0.15, 0.2) is 46.2 Å². The molecule has 2 nitrogen and oxygen atoms in total. The minimum Gasteiger partial charge on any atom is -0.212 e. The normalized spacial score (nSPS) is 11.6. The maximum atomic E-state index is 13.0. The molecular formula is C12H6F2I2O2S2. The van der Waals surface area contributed by atoms with Crippen LogP contribution in [0, 0.1) is 18.8 Å². The fraction of sp³-hybridized carbons (Fsp3) is 0. The molecule has 106 valence electrons. The molecule has 0 atom stereocenters. The lowest BCUT2D eigenvalue weighted by molar-refractivity contribution is 0.607. The van der Waals surface area contributed by atoms with Crippen molar-refractivity contribution < 1.29 is 17.2 Å². The number of benzene rings is 2. The fourth-order valence-electron chi connectivity index (χ4n) is 1.38. The summed E-state index contributed by atoms with van der Waals surface area (Å²) in [5.41, 5.74) is 0. The van der Waals surface area contributed by atoms with Crippen molar-refractivity contribution >= 4 is 64.8 Å². The maximum absolute atomic E-state index is 13.0. The Morgan fingerprint density at radius 1 is 0.900 bits per heavy atom. The second-order valence-corrected chi connectivity index (χ2v) is 9.78. The molecule has 0 spiro atoms. The molecule has 0 amide bonds. The van der Waals surface area contributed by atoms with Gasteiger partial charge in [-0.1, -0.05) is 0 Å². The van der Waals surface area contributed by atoms with Crippen molar-refractivity contribution in [3.05, 3.63) is 55.2 Å². The Hall–Kier alpha value is 0.0600. The Labute approximate surface area is 145 Å². The van der Waals surface area contributed by atoms with Gasteiger partial charge in [-0.25, -0.2) is 17.2 Å². The molecule has 20 heavy (non-hydrogen) atoms. The van der Waals surface area contributed by atoms with E-state index in [-0.39, 0.29) is 4.90 Å². The third-order valence-corrected chi connectivity index (χ3v) is 8.16. The molecule has 0 aromatic heterocycles. The zero-order valence-electron chi connectivity index (χ0n) is 9.61. The van der Waals surface area contributed by atoms with Crippen molar-refractivity contribution in [2.24, 2.45) is 0 Å². The highest BCUT2D eigenvalue weighted by Gasteiger charge is 2.21. The summed E-state index contributed by atoms with van der Waals surface area (Å²) in [7, 11) is -3.06. The molecule has 0 radical (unpaired) electrons. The summed E-state index contributed by atoms with van der Waals surface area (Å²) in [5, 5.41) is 0. The monoisotopic (exact) mass is 538 g/mol. The molecule has 0 heterocycles. The Kier molecular flexibility index (Phi) is 5.29. The van der Waals surface area contributed by atoms with Gasteiger partial charge < -0.3 is 0 Å². The zero-order chi connectivity index (χ0) is 14.9. The van der Waals surface area contributed by atoms with Crippen molar-refractivity contribution in [1.82, 2.24) is 0 Å². The van der Waals surface area contributed by atoms with E-state index in [1.54, 1.807) is 22.6 Å². The van der Waals surface area contributed by atoms with Gasteiger partial charge in [-0.15, -0.1) is 0 Å². The second kappa shape index (κ2) is 6.44. The first kappa shape index (κ1) is 16.4. The van der Waals surface area contributed by atoms with Crippen LogP contribution in [-0.4, -0.2) is 8.42 Å². The number of rotatable bonds is 3. The van der Waals surface area contributed by atoms with Gasteiger partial charge in [0.05, 0.1) is 4.90 Å². The Bertz CT molecular complexity index is 764. The maximum Gasteiger partial charge on any atom is 0.235 e. The highest BCUT2D eigenvalue weighted by molar-refractivity contribution is 14.1. The molecular weight excluding hydrogens is 532 g/mol. The van der Waals surface area contributed by atoms with Crippen LogP contribution in [0.4, 0.5) is 8.78 Å². The molecule has 0 saturated carbocycles. The van der Waals surface area contributed by atoms with E-state index in [4.69, 9.17) is 0 Å². The van der Waals surface area contributed by atoms with Crippen LogP contribution in [0.1, 0.15) is 0 Å². The summed E-state index contributed by atoms with van der Waals surface area (Å²) < 4.78 is 51.5. The predicted octanol–water partition coefficient (Wildman–Crippen LogP) is 4.66. The third kappa shape index (κ3) is 3.83. The average molecular weight is 538 g/mol. The molecule has 0 fully saturated rings. The van der Waals surface area contributed by atoms with Gasteiger partial charge in [-0.2, -0.15) is 0 Å². The number of halogens is 4. The van der Waals surface area contributed by atoms with E-state index >= 15 is 0 Å². The van der Waals surface area contributed by atoms with Crippen molar-refractivity contribution in [2.75, 3.05) is 0 Å². The van der Waals surface area contributed by atoms with Gasteiger partial charge in [-0.3, -0.25) is 0 Å². The summed E-state index contributed by atoms with van der Waals surface area (Å²) >= 11 is 3.65. The fourth-order valence-corrected chi connectivity index (χ4v) is 7.41. The van der Waals surface area contributed by atoms with E-state index in [1.165, 1.54) is 24.3 Å².